The van der Waals surface area contributed by atoms with Crippen LogP contribution in [-0.4, -0.2) is 42.9 Å². The number of guanidine groups is 1. The molecular formula is C23H28N4O. The number of rotatable bonds is 3. The summed E-state index contributed by atoms with van der Waals surface area (Å²) in [6.07, 6.45) is 4.08. The minimum absolute atomic E-state index is 0.117. The Morgan fingerprint density at radius 3 is 2.46 bits per heavy atom. The molecule has 2 aromatic rings. The van der Waals surface area contributed by atoms with Crippen LogP contribution in [0.5, 0.6) is 0 Å². The second-order valence-corrected chi connectivity index (χ2v) is 7.61. The van der Waals surface area contributed by atoms with Crippen molar-refractivity contribution in [3.63, 3.8) is 0 Å². The highest BCUT2D eigenvalue weighted by atomic mass is 16.2. The molecule has 0 radical (unpaired) electrons. The normalized spacial score (nSPS) is 18.8. The molecule has 5 heteroatoms. The van der Waals surface area contributed by atoms with Crippen molar-refractivity contribution in [1.29, 1.82) is 0 Å². The van der Waals surface area contributed by atoms with E-state index in [9.17, 15) is 4.79 Å². The highest BCUT2D eigenvalue weighted by Gasteiger charge is 2.22. The second kappa shape index (κ2) is 8.46. The van der Waals surface area contributed by atoms with E-state index in [1.807, 2.05) is 11.0 Å². The Morgan fingerprint density at radius 1 is 1.04 bits per heavy atom. The molecule has 1 heterocycles. The summed E-state index contributed by atoms with van der Waals surface area (Å²) in [5, 5.41) is 6.70. The van der Waals surface area contributed by atoms with Crippen LogP contribution >= 0.6 is 0 Å². The third kappa shape index (κ3) is 4.19. The van der Waals surface area contributed by atoms with E-state index < -0.39 is 0 Å². The highest BCUT2D eigenvalue weighted by Crippen LogP contribution is 2.21. The van der Waals surface area contributed by atoms with Gasteiger partial charge in [0, 0.05) is 26.2 Å². The second-order valence-electron chi connectivity index (χ2n) is 7.61. The molecule has 2 N–H and O–H groups in total. The van der Waals surface area contributed by atoms with E-state index in [-0.39, 0.29) is 12.5 Å². The first-order chi connectivity index (χ1) is 13.7. The minimum Gasteiger partial charge on any atom is -0.353 e. The standard InChI is InChI=1S/C23H28N4O/c1-24-23(26-21-11-10-17-6-2-4-8-19(17)14-21)25-15-22(28)27-13-12-18-7-3-5-9-20(18)16-27/h2-9,21H,10-16H2,1H3,(H2,24,25,26). The summed E-state index contributed by atoms with van der Waals surface area (Å²) >= 11 is 0. The summed E-state index contributed by atoms with van der Waals surface area (Å²) in [5.41, 5.74) is 5.47. The van der Waals surface area contributed by atoms with Crippen molar-refractivity contribution in [3.8, 4) is 0 Å². The molecule has 5 nitrogen and oxygen atoms in total. The molecule has 2 aromatic carbocycles. The number of carbonyl (C=O) groups is 1. The molecule has 1 amide bonds. The fourth-order valence-corrected chi connectivity index (χ4v) is 4.19. The third-order valence-corrected chi connectivity index (χ3v) is 5.80. The van der Waals surface area contributed by atoms with Crippen molar-refractivity contribution < 1.29 is 4.79 Å². The smallest absolute Gasteiger partial charge is 0.242 e. The topological polar surface area (TPSA) is 56.7 Å². The lowest BCUT2D eigenvalue weighted by Gasteiger charge is -2.30. The first-order valence-electron chi connectivity index (χ1n) is 10.1. The van der Waals surface area contributed by atoms with Gasteiger partial charge < -0.3 is 15.5 Å². The first kappa shape index (κ1) is 18.5. The summed E-state index contributed by atoms with van der Waals surface area (Å²) < 4.78 is 0. The van der Waals surface area contributed by atoms with Crippen molar-refractivity contribution in [2.24, 2.45) is 4.99 Å². The summed E-state index contributed by atoms with van der Waals surface area (Å²) in [7, 11) is 1.76. The number of amides is 1. The zero-order valence-corrected chi connectivity index (χ0v) is 16.4. The van der Waals surface area contributed by atoms with Gasteiger partial charge in [-0.3, -0.25) is 9.79 Å². The average molecular weight is 377 g/mol. The van der Waals surface area contributed by atoms with Crippen molar-refractivity contribution in [1.82, 2.24) is 15.5 Å². The monoisotopic (exact) mass is 376 g/mol. The Labute approximate surface area is 166 Å². The number of carbonyl (C=O) groups excluding carboxylic acids is 1. The van der Waals surface area contributed by atoms with E-state index in [4.69, 9.17) is 0 Å². The van der Waals surface area contributed by atoms with Gasteiger partial charge in [0.25, 0.3) is 0 Å². The lowest BCUT2D eigenvalue weighted by atomic mass is 9.88. The van der Waals surface area contributed by atoms with Gasteiger partial charge in [0.2, 0.25) is 5.91 Å². The van der Waals surface area contributed by atoms with E-state index in [0.29, 0.717) is 18.5 Å². The molecule has 1 aliphatic heterocycles. The number of hydrogen-bond donors (Lipinski definition) is 2. The van der Waals surface area contributed by atoms with Crippen molar-refractivity contribution in [3.05, 3.63) is 70.8 Å². The summed E-state index contributed by atoms with van der Waals surface area (Å²) in [4.78, 5) is 18.9. The van der Waals surface area contributed by atoms with Crippen LogP contribution in [0.1, 0.15) is 28.7 Å². The number of aliphatic imine (C=N–C) groups is 1. The van der Waals surface area contributed by atoms with Crippen LogP contribution in [0, 0.1) is 0 Å². The average Bonchev–Trinajstić information content (AvgIpc) is 2.76. The third-order valence-electron chi connectivity index (χ3n) is 5.80. The van der Waals surface area contributed by atoms with Crippen LogP contribution in [0.2, 0.25) is 0 Å². The van der Waals surface area contributed by atoms with Gasteiger partial charge in [-0.15, -0.1) is 0 Å². The van der Waals surface area contributed by atoms with Crippen LogP contribution in [0.15, 0.2) is 53.5 Å². The van der Waals surface area contributed by atoms with Gasteiger partial charge in [-0.05, 0) is 47.9 Å². The number of fused-ring (bicyclic) bond motifs is 2. The van der Waals surface area contributed by atoms with Gasteiger partial charge in [0.05, 0.1) is 6.54 Å². The zero-order valence-electron chi connectivity index (χ0n) is 16.4. The molecule has 0 bridgehead atoms. The van der Waals surface area contributed by atoms with E-state index in [1.54, 1.807) is 7.05 Å². The Morgan fingerprint density at radius 2 is 1.71 bits per heavy atom. The van der Waals surface area contributed by atoms with Gasteiger partial charge in [-0.25, -0.2) is 0 Å². The molecule has 0 saturated heterocycles. The molecule has 1 aliphatic carbocycles. The molecule has 0 saturated carbocycles. The molecule has 1 unspecified atom stereocenters. The van der Waals surface area contributed by atoms with Crippen LogP contribution in [0.4, 0.5) is 0 Å². The Balaban J connectivity index is 1.29. The molecule has 0 aromatic heterocycles. The number of benzene rings is 2. The number of nitrogens with zero attached hydrogens (tertiary/aromatic N) is 2. The largest absolute Gasteiger partial charge is 0.353 e. The molecule has 0 fully saturated rings. The van der Waals surface area contributed by atoms with Crippen molar-refractivity contribution in [2.45, 2.75) is 38.3 Å². The van der Waals surface area contributed by atoms with Crippen LogP contribution < -0.4 is 10.6 Å². The fraction of sp³-hybridized carbons (Fsp3) is 0.391. The molecule has 1 atom stereocenters. The Kier molecular flexibility index (Phi) is 5.60. The number of nitrogens with one attached hydrogen (secondary N) is 2. The molecule has 28 heavy (non-hydrogen) atoms. The van der Waals surface area contributed by atoms with E-state index in [1.165, 1.54) is 22.3 Å². The molecule has 0 spiro atoms. The Bertz CT molecular complexity index is 876. The van der Waals surface area contributed by atoms with Gasteiger partial charge in [0.15, 0.2) is 5.96 Å². The van der Waals surface area contributed by atoms with Gasteiger partial charge in [-0.2, -0.15) is 0 Å². The maximum atomic E-state index is 12.7. The van der Waals surface area contributed by atoms with Gasteiger partial charge in [0.1, 0.15) is 0 Å². The van der Waals surface area contributed by atoms with Crippen LogP contribution in [-0.2, 0) is 30.6 Å². The molecular weight excluding hydrogens is 348 g/mol. The zero-order chi connectivity index (χ0) is 19.3. The molecule has 2 aliphatic rings. The summed E-state index contributed by atoms with van der Waals surface area (Å²) in [5.74, 6) is 0.821. The van der Waals surface area contributed by atoms with Crippen LogP contribution in [0.3, 0.4) is 0 Å². The maximum Gasteiger partial charge on any atom is 0.242 e. The van der Waals surface area contributed by atoms with E-state index >= 15 is 0 Å². The molecule has 146 valence electrons. The van der Waals surface area contributed by atoms with Crippen LogP contribution in [0.25, 0.3) is 0 Å². The minimum atomic E-state index is 0.117. The van der Waals surface area contributed by atoms with Gasteiger partial charge in [-0.1, -0.05) is 48.5 Å². The van der Waals surface area contributed by atoms with Crippen molar-refractivity contribution >= 4 is 11.9 Å². The highest BCUT2D eigenvalue weighted by molar-refractivity contribution is 5.86. The van der Waals surface area contributed by atoms with Gasteiger partial charge >= 0.3 is 0 Å². The quantitative estimate of drug-likeness (QED) is 0.638. The number of hydrogen-bond acceptors (Lipinski definition) is 2. The SMILES string of the molecule is CN=C(NCC(=O)N1CCc2ccccc2C1)NC1CCc2ccccc2C1. The first-order valence-corrected chi connectivity index (χ1v) is 10.1. The number of aryl methyl sites for hydroxylation is 1. The summed E-state index contributed by atoms with van der Waals surface area (Å²) in [6, 6.07) is 17.4. The fourth-order valence-electron chi connectivity index (χ4n) is 4.19. The summed E-state index contributed by atoms with van der Waals surface area (Å²) in [6.45, 7) is 1.75. The predicted molar refractivity (Wildman–Crippen MR) is 112 cm³/mol. The lowest BCUT2D eigenvalue weighted by Crippen LogP contribution is -2.49. The molecule has 4 rings (SSSR count). The Hall–Kier alpha value is -2.82. The van der Waals surface area contributed by atoms with E-state index in [2.05, 4.69) is 58.1 Å². The maximum absolute atomic E-state index is 12.7. The van der Waals surface area contributed by atoms with Crippen molar-refractivity contribution in [2.75, 3.05) is 20.1 Å². The lowest BCUT2D eigenvalue weighted by molar-refractivity contribution is -0.130. The van der Waals surface area contributed by atoms with E-state index in [0.717, 1.165) is 32.2 Å². The predicted octanol–water partition coefficient (Wildman–Crippen LogP) is 2.29.